The van der Waals surface area contributed by atoms with Crippen LogP contribution >= 0.6 is 11.6 Å². The molecule has 5 heteroatoms. The summed E-state index contributed by atoms with van der Waals surface area (Å²) in [5.41, 5.74) is 4.59. The Labute approximate surface area is 144 Å². The predicted octanol–water partition coefficient (Wildman–Crippen LogP) is 5.33. The molecule has 0 radical (unpaired) electrons. The van der Waals surface area contributed by atoms with E-state index in [4.69, 9.17) is 11.6 Å². The minimum atomic E-state index is 0.687. The van der Waals surface area contributed by atoms with Gasteiger partial charge in [-0.1, -0.05) is 41.9 Å². The Hall–Kier alpha value is -2.85. The maximum absolute atomic E-state index is 6.31. The number of anilines is 2. The summed E-state index contributed by atoms with van der Waals surface area (Å²) >= 11 is 6.31. The van der Waals surface area contributed by atoms with Crippen LogP contribution in [-0.2, 0) is 0 Å². The van der Waals surface area contributed by atoms with Gasteiger partial charge in [0.25, 0.3) is 0 Å². The van der Waals surface area contributed by atoms with E-state index in [2.05, 4.69) is 20.5 Å². The van der Waals surface area contributed by atoms with Gasteiger partial charge in [-0.15, -0.1) is 0 Å². The number of rotatable bonds is 3. The lowest BCUT2D eigenvalue weighted by Gasteiger charge is -2.09. The number of hydrogen-bond acceptors (Lipinski definition) is 3. The zero-order valence-corrected chi connectivity index (χ0v) is 13.8. The van der Waals surface area contributed by atoms with Crippen molar-refractivity contribution < 1.29 is 0 Å². The molecule has 2 N–H and O–H groups in total. The van der Waals surface area contributed by atoms with Crippen LogP contribution < -0.4 is 5.32 Å². The zero-order chi connectivity index (χ0) is 16.5. The van der Waals surface area contributed by atoms with Gasteiger partial charge in [0.15, 0.2) is 5.82 Å². The van der Waals surface area contributed by atoms with Crippen LogP contribution in [0.15, 0.2) is 60.7 Å². The molecule has 0 amide bonds. The molecule has 0 aliphatic rings. The maximum atomic E-state index is 6.31. The van der Waals surface area contributed by atoms with E-state index in [1.807, 2.05) is 67.6 Å². The Balaban J connectivity index is 1.75. The Bertz CT molecular complexity index is 1020. The van der Waals surface area contributed by atoms with Gasteiger partial charge in [-0.25, -0.2) is 0 Å². The number of nitrogens with one attached hydrogen (secondary N) is 2. The summed E-state index contributed by atoms with van der Waals surface area (Å²) in [6, 6.07) is 19.7. The molecular formula is C19H15ClN4. The SMILES string of the molecule is Cc1cc(Nc2n[nH]c3ccccc23)cc(-c2ccccc2Cl)n1. The molecule has 0 aliphatic heterocycles. The first-order valence-electron chi connectivity index (χ1n) is 7.64. The average Bonchev–Trinajstić information content (AvgIpc) is 2.98. The molecule has 0 aliphatic carbocycles. The van der Waals surface area contributed by atoms with Gasteiger partial charge in [0.1, 0.15) is 0 Å². The van der Waals surface area contributed by atoms with Gasteiger partial charge < -0.3 is 5.32 Å². The minimum absolute atomic E-state index is 0.687. The number of aromatic nitrogens is 3. The van der Waals surface area contributed by atoms with Gasteiger partial charge >= 0.3 is 0 Å². The molecule has 0 bridgehead atoms. The first-order chi connectivity index (χ1) is 11.7. The summed E-state index contributed by atoms with van der Waals surface area (Å²) in [6.45, 7) is 1.97. The lowest BCUT2D eigenvalue weighted by molar-refractivity contribution is 1.12. The molecule has 4 nitrogen and oxygen atoms in total. The Morgan fingerprint density at radius 1 is 1.00 bits per heavy atom. The molecule has 0 spiro atoms. The number of hydrogen-bond donors (Lipinski definition) is 2. The summed E-state index contributed by atoms with van der Waals surface area (Å²) in [5.74, 6) is 0.793. The van der Waals surface area contributed by atoms with Crippen LogP contribution in [0.25, 0.3) is 22.2 Å². The van der Waals surface area contributed by atoms with Crippen molar-refractivity contribution in [3.05, 3.63) is 71.4 Å². The summed E-state index contributed by atoms with van der Waals surface area (Å²) in [6.07, 6.45) is 0. The second kappa shape index (κ2) is 5.98. The van der Waals surface area contributed by atoms with E-state index in [-0.39, 0.29) is 0 Å². The fourth-order valence-corrected chi connectivity index (χ4v) is 2.98. The van der Waals surface area contributed by atoms with Crippen LogP contribution in [0.5, 0.6) is 0 Å². The molecule has 4 aromatic rings. The Morgan fingerprint density at radius 3 is 2.67 bits per heavy atom. The number of pyridine rings is 1. The van der Waals surface area contributed by atoms with E-state index < -0.39 is 0 Å². The summed E-state index contributed by atoms with van der Waals surface area (Å²) in [4.78, 5) is 4.60. The van der Waals surface area contributed by atoms with Crippen molar-refractivity contribution in [1.82, 2.24) is 15.2 Å². The highest BCUT2D eigenvalue weighted by Gasteiger charge is 2.09. The fourth-order valence-electron chi connectivity index (χ4n) is 2.74. The maximum Gasteiger partial charge on any atom is 0.160 e. The number of aromatic amines is 1. The molecule has 0 unspecified atom stereocenters. The summed E-state index contributed by atoms with van der Waals surface area (Å²) in [7, 11) is 0. The lowest BCUT2D eigenvalue weighted by Crippen LogP contribution is -1.95. The van der Waals surface area contributed by atoms with Crippen LogP contribution in [-0.4, -0.2) is 15.2 Å². The highest BCUT2D eigenvalue weighted by molar-refractivity contribution is 6.33. The second-order valence-electron chi connectivity index (χ2n) is 5.61. The number of para-hydroxylation sites is 1. The molecule has 2 heterocycles. The minimum Gasteiger partial charge on any atom is -0.338 e. The first-order valence-corrected chi connectivity index (χ1v) is 8.02. The molecular weight excluding hydrogens is 320 g/mol. The van der Waals surface area contributed by atoms with Gasteiger partial charge in [-0.05, 0) is 37.3 Å². The highest BCUT2D eigenvalue weighted by atomic mass is 35.5. The Kier molecular flexibility index (Phi) is 3.67. The quantitative estimate of drug-likeness (QED) is 0.532. The van der Waals surface area contributed by atoms with E-state index in [9.17, 15) is 0 Å². The standard InChI is InChI=1S/C19H15ClN4/c1-12-10-13(11-18(21-12)14-6-2-4-8-16(14)20)22-19-15-7-3-5-9-17(15)23-24-19/h2-11H,1H3,(H2,21,22,23,24). The van der Waals surface area contributed by atoms with E-state index in [0.717, 1.165) is 39.4 Å². The van der Waals surface area contributed by atoms with Crippen molar-refractivity contribution in [3.8, 4) is 11.3 Å². The van der Waals surface area contributed by atoms with Crippen LogP contribution in [0, 0.1) is 6.92 Å². The molecule has 0 saturated carbocycles. The monoisotopic (exact) mass is 334 g/mol. The first kappa shape index (κ1) is 14.7. The fraction of sp³-hybridized carbons (Fsp3) is 0.0526. The number of H-pyrrole nitrogens is 1. The van der Waals surface area contributed by atoms with E-state index >= 15 is 0 Å². The van der Waals surface area contributed by atoms with Gasteiger partial charge in [0.2, 0.25) is 0 Å². The molecule has 118 valence electrons. The van der Waals surface area contributed by atoms with Crippen molar-refractivity contribution >= 4 is 34.0 Å². The summed E-state index contributed by atoms with van der Waals surface area (Å²) < 4.78 is 0. The van der Waals surface area contributed by atoms with Crippen molar-refractivity contribution in [2.45, 2.75) is 6.92 Å². The van der Waals surface area contributed by atoms with Gasteiger partial charge in [0, 0.05) is 27.4 Å². The average molecular weight is 335 g/mol. The normalized spacial score (nSPS) is 10.9. The van der Waals surface area contributed by atoms with Crippen LogP contribution in [0.1, 0.15) is 5.69 Å². The molecule has 4 rings (SSSR count). The predicted molar refractivity (Wildman–Crippen MR) is 98.8 cm³/mol. The van der Waals surface area contributed by atoms with E-state index in [0.29, 0.717) is 5.02 Å². The number of aryl methyl sites for hydroxylation is 1. The molecule has 0 atom stereocenters. The van der Waals surface area contributed by atoms with Crippen molar-refractivity contribution in [2.75, 3.05) is 5.32 Å². The topological polar surface area (TPSA) is 53.6 Å². The number of fused-ring (bicyclic) bond motifs is 1. The number of halogens is 1. The zero-order valence-electron chi connectivity index (χ0n) is 13.0. The van der Waals surface area contributed by atoms with Crippen molar-refractivity contribution in [1.29, 1.82) is 0 Å². The molecule has 2 aromatic carbocycles. The van der Waals surface area contributed by atoms with Gasteiger partial charge in [-0.2, -0.15) is 5.10 Å². The van der Waals surface area contributed by atoms with Crippen LogP contribution in [0.4, 0.5) is 11.5 Å². The lowest BCUT2D eigenvalue weighted by atomic mass is 10.1. The molecule has 0 saturated heterocycles. The van der Waals surface area contributed by atoms with E-state index in [1.54, 1.807) is 0 Å². The molecule has 0 fully saturated rings. The smallest absolute Gasteiger partial charge is 0.160 e. The van der Waals surface area contributed by atoms with Crippen LogP contribution in [0.2, 0.25) is 5.02 Å². The third-order valence-electron chi connectivity index (χ3n) is 3.84. The third kappa shape index (κ3) is 2.72. The highest BCUT2D eigenvalue weighted by Crippen LogP contribution is 2.30. The Morgan fingerprint density at radius 2 is 1.79 bits per heavy atom. The molecule has 2 aromatic heterocycles. The van der Waals surface area contributed by atoms with Crippen LogP contribution in [0.3, 0.4) is 0 Å². The largest absolute Gasteiger partial charge is 0.338 e. The summed E-state index contributed by atoms with van der Waals surface area (Å²) in [5, 5.41) is 12.5. The second-order valence-corrected chi connectivity index (χ2v) is 6.01. The van der Waals surface area contributed by atoms with E-state index in [1.165, 1.54) is 0 Å². The van der Waals surface area contributed by atoms with Crippen molar-refractivity contribution in [2.24, 2.45) is 0 Å². The van der Waals surface area contributed by atoms with Gasteiger partial charge in [0.05, 0.1) is 11.2 Å². The van der Waals surface area contributed by atoms with Crippen molar-refractivity contribution in [3.63, 3.8) is 0 Å². The third-order valence-corrected chi connectivity index (χ3v) is 4.17. The molecule has 24 heavy (non-hydrogen) atoms. The van der Waals surface area contributed by atoms with Gasteiger partial charge in [-0.3, -0.25) is 10.1 Å². The number of benzene rings is 2. The number of nitrogens with zero attached hydrogens (tertiary/aromatic N) is 2.